The minimum absolute atomic E-state index is 0.0203. The van der Waals surface area contributed by atoms with Crippen molar-refractivity contribution in [1.82, 2.24) is 19.7 Å². The summed E-state index contributed by atoms with van der Waals surface area (Å²) in [5.74, 6) is 0.452. The molecule has 0 fully saturated rings. The standard InChI is InChI=1S/C20H24N6O2S/c1-20(2,3)29-12-16(18(27)28)24-17-11-15(9-10-21-17)26-13-22-19(25-26)23-14-7-5-4-6-8-14/h4-11,13,16H,12H2,1-3H3,(H,21,24)(H,23,25)(H,27,28). The fourth-order valence-electron chi connectivity index (χ4n) is 2.42. The lowest BCUT2D eigenvalue weighted by atomic mass is 10.3. The molecule has 29 heavy (non-hydrogen) atoms. The monoisotopic (exact) mass is 412 g/mol. The molecule has 152 valence electrons. The zero-order chi connectivity index (χ0) is 20.9. The van der Waals surface area contributed by atoms with Crippen LogP contribution in [-0.4, -0.2) is 47.4 Å². The van der Waals surface area contributed by atoms with Gasteiger partial charge in [-0.1, -0.05) is 39.0 Å². The van der Waals surface area contributed by atoms with Crippen LogP contribution in [0.25, 0.3) is 5.69 Å². The zero-order valence-electron chi connectivity index (χ0n) is 16.5. The smallest absolute Gasteiger partial charge is 0.327 e. The first-order chi connectivity index (χ1) is 13.8. The number of nitrogens with one attached hydrogen (secondary N) is 2. The first-order valence-electron chi connectivity index (χ1n) is 9.14. The van der Waals surface area contributed by atoms with E-state index in [0.29, 0.717) is 17.5 Å². The van der Waals surface area contributed by atoms with E-state index in [1.165, 1.54) is 0 Å². The van der Waals surface area contributed by atoms with E-state index >= 15 is 0 Å². The first kappa shape index (κ1) is 20.7. The quantitative estimate of drug-likeness (QED) is 0.513. The Hall–Kier alpha value is -3.07. The number of thioether (sulfide) groups is 1. The SMILES string of the molecule is CC(C)(C)SCC(Nc1cc(-n2cnc(Nc3ccccc3)n2)ccn1)C(=O)O. The maximum atomic E-state index is 11.6. The van der Waals surface area contributed by atoms with E-state index in [-0.39, 0.29) is 4.75 Å². The van der Waals surface area contributed by atoms with Gasteiger partial charge >= 0.3 is 5.97 Å². The molecule has 1 unspecified atom stereocenters. The summed E-state index contributed by atoms with van der Waals surface area (Å²) in [7, 11) is 0. The minimum Gasteiger partial charge on any atom is -0.480 e. The van der Waals surface area contributed by atoms with Crippen LogP contribution in [0.4, 0.5) is 17.5 Å². The Bertz CT molecular complexity index is 955. The van der Waals surface area contributed by atoms with Gasteiger partial charge in [0.25, 0.3) is 0 Å². The summed E-state index contributed by atoms with van der Waals surface area (Å²) in [5.41, 5.74) is 1.62. The van der Waals surface area contributed by atoms with Crippen LogP contribution in [0.3, 0.4) is 0 Å². The largest absolute Gasteiger partial charge is 0.480 e. The van der Waals surface area contributed by atoms with Gasteiger partial charge in [-0.2, -0.15) is 16.7 Å². The number of pyridine rings is 1. The number of carbonyl (C=O) groups is 1. The van der Waals surface area contributed by atoms with Crippen LogP contribution in [-0.2, 0) is 4.79 Å². The van der Waals surface area contributed by atoms with E-state index in [1.54, 1.807) is 41.1 Å². The molecule has 0 aliphatic heterocycles. The van der Waals surface area contributed by atoms with Crippen LogP contribution >= 0.6 is 11.8 Å². The summed E-state index contributed by atoms with van der Waals surface area (Å²) in [6, 6.07) is 12.4. The lowest BCUT2D eigenvalue weighted by molar-refractivity contribution is -0.137. The summed E-state index contributed by atoms with van der Waals surface area (Å²) in [6.45, 7) is 6.17. The Morgan fingerprint density at radius 1 is 1.21 bits per heavy atom. The first-order valence-corrected chi connectivity index (χ1v) is 10.1. The molecular formula is C20H24N6O2S. The average Bonchev–Trinajstić information content (AvgIpc) is 3.14. The van der Waals surface area contributed by atoms with Crippen molar-refractivity contribution in [2.75, 3.05) is 16.4 Å². The van der Waals surface area contributed by atoms with E-state index in [1.807, 2.05) is 30.3 Å². The number of aliphatic carboxylic acids is 1. The third kappa shape index (κ3) is 6.21. The highest BCUT2D eigenvalue weighted by Gasteiger charge is 2.22. The minimum atomic E-state index is -0.913. The molecule has 0 radical (unpaired) electrons. The van der Waals surface area contributed by atoms with Gasteiger partial charge in [0.15, 0.2) is 0 Å². The molecule has 3 N–H and O–H groups in total. The highest BCUT2D eigenvalue weighted by Crippen LogP contribution is 2.25. The Morgan fingerprint density at radius 2 is 1.97 bits per heavy atom. The van der Waals surface area contributed by atoms with Crippen LogP contribution in [0.1, 0.15) is 20.8 Å². The van der Waals surface area contributed by atoms with Crippen LogP contribution < -0.4 is 10.6 Å². The van der Waals surface area contributed by atoms with Gasteiger partial charge in [0.2, 0.25) is 5.95 Å². The second kappa shape index (κ2) is 8.95. The molecule has 8 nitrogen and oxygen atoms in total. The normalized spacial score (nSPS) is 12.4. The molecule has 0 amide bonds. The zero-order valence-corrected chi connectivity index (χ0v) is 17.3. The molecule has 0 aliphatic rings. The number of hydrogen-bond acceptors (Lipinski definition) is 7. The Kier molecular flexibility index (Phi) is 6.38. The molecule has 1 aromatic carbocycles. The van der Waals surface area contributed by atoms with Gasteiger partial charge in [-0.05, 0) is 18.2 Å². The fourth-order valence-corrected chi connectivity index (χ4v) is 3.32. The number of aromatic nitrogens is 4. The number of anilines is 3. The van der Waals surface area contributed by atoms with Crippen LogP contribution in [0, 0.1) is 0 Å². The number of para-hydroxylation sites is 1. The number of hydrogen-bond donors (Lipinski definition) is 3. The van der Waals surface area contributed by atoms with E-state index in [0.717, 1.165) is 11.4 Å². The summed E-state index contributed by atoms with van der Waals surface area (Å²) in [4.78, 5) is 20.1. The lowest BCUT2D eigenvalue weighted by Crippen LogP contribution is -2.33. The summed E-state index contributed by atoms with van der Waals surface area (Å²) < 4.78 is 1.59. The van der Waals surface area contributed by atoms with Crippen molar-refractivity contribution in [1.29, 1.82) is 0 Å². The molecule has 0 bridgehead atoms. The Labute approximate surface area is 173 Å². The molecule has 2 heterocycles. The molecule has 0 spiro atoms. The highest BCUT2D eigenvalue weighted by molar-refractivity contribution is 8.00. The second-order valence-corrected chi connectivity index (χ2v) is 9.21. The second-order valence-electron chi connectivity index (χ2n) is 7.36. The van der Waals surface area contributed by atoms with Gasteiger partial charge in [0.05, 0.1) is 5.69 Å². The summed E-state index contributed by atoms with van der Waals surface area (Å²) in [5, 5.41) is 20.1. The molecule has 2 aromatic heterocycles. The molecule has 9 heteroatoms. The molecule has 0 aliphatic carbocycles. The van der Waals surface area contributed by atoms with Crippen LogP contribution in [0.15, 0.2) is 55.0 Å². The van der Waals surface area contributed by atoms with Crippen molar-refractivity contribution in [2.24, 2.45) is 0 Å². The van der Waals surface area contributed by atoms with Gasteiger partial charge in [-0.3, -0.25) is 0 Å². The average molecular weight is 413 g/mol. The molecule has 3 aromatic rings. The van der Waals surface area contributed by atoms with Crippen LogP contribution in [0.5, 0.6) is 0 Å². The Balaban J connectivity index is 1.71. The van der Waals surface area contributed by atoms with Crippen molar-refractivity contribution in [3.63, 3.8) is 0 Å². The van der Waals surface area contributed by atoms with Crippen LogP contribution in [0.2, 0.25) is 0 Å². The van der Waals surface area contributed by atoms with E-state index in [2.05, 4.69) is 46.5 Å². The number of benzene rings is 1. The molecule has 0 saturated carbocycles. The molecule has 1 atom stereocenters. The topological polar surface area (TPSA) is 105 Å². The fraction of sp³-hybridized carbons (Fsp3) is 0.300. The summed E-state index contributed by atoms with van der Waals surface area (Å²) in [6.07, 6.45) is 3.20. The predicted octanol–water partition coefficient (Wildman–Crippen LogP) is 3.80. The maximum absolute atomic E-state index is 11.6. The van der Waals surface area contributed by atoms with Gasteiger partial charge in [0, 0.05) is 28.5 Å². The molecular weight excluding hydrogens is 388 g/mol. The maximum Gasteiger partial charge on any atom is 0.327 e. The van der Waals surface area contributed by atoms with E-state index in [9.17, 15) is 9.90 Å². The van der Waals surface area contributed by atoms with E-state index in [4.69, 9.17) is 0 Å². The number of carboxylic acids is 1. The Morgan fingerprint density at radius 3 is 2.66 bits per heavy atom. The van der Waals surface area contributed by atoms with Crippen molar-refractivity contribution in [2.45, 2.75) is 31.6 Å². The third-order valence-corrected chi connectivity index (χ3v) is 5.20. The number of nitrogens with zero attached hydrogens (tertiary/aromatic N) is 4. The predicted molar refractivity (Wildman–Crippen MR) is 116 cm³/mol. The lowest BCUT2D eigenvalue weighted by Gasteiger charge is -2.21. The van der Waals surface area contributed by atoms with Crippen molar-refractivity contribution in [3.8, 4) is 5.69 Å². The van der Waals surface area contributed by atoms with E-state index < -0.39 is 12.0 Å². The van der Waals surface area contributed by atoms with Gasteiger partial charge in [-0.25, -0.2) is 14.5 Å². The van der Waals surface area contributed by atoms with Crippen molar-refractivity contribution in [3.05, 3.63) is 55.0 Å². The molecule has 0 saturated heterocycles. The van der Waals surface area contributed by atoms with Gasteiger partial charge in [0.1, 0.15) is 18.2 Å². The van der Waals surface area contributed by atoms with Gasteiger partial charge < -0.3 is 15.7 Å². The third-order valence-electron chi connectivity index (χ3n) is 3.83. The van der Waals surface area contributed by atoms with Gasteiger partial charge in [-0.15, -0.1) is 5.10 Å². The number of rotatable bonds is 8. The highest BCUT2D eigenvalue weighted by atomic mass is 32.2. The number of carboxylic acid groups (broad SMARTS) is 1. The van der Waals surface area contributed by atoms with Crippen molar-refractivity contribution >= 4 is 35.2 Å². The summed E-state index contributed by atoms with van der Waals surface area (Å²) >= 11 is 1.59. The molecule has 3 rings (SSSR count). The van der Waals surface area contributed by atoms with Crippen molar-refractivity contribution < 1.29 is 9.90 Å².